The standard InChI is InChI=1S/C7H7ClN4/c1-4-2-5-3-6(9)10-7(8)12(5)11-4/h2-3H,9H2,1H3. The van der Waals surface area contributed by atoms with Crippen LogP contribution in [0.5, 0.6) is 0 Å². The van der Waals surface area contributed by atoms with Crippen LogP contribution in [0.2, 0.25) is 5.28 Å². The summed E-state index contributed by atoms with van der Waals surface area (Å²) in [5.74, 6) is 0.410. The topological polar surface area (TPSA) is 56.2 Å². The highest BCUT2D eigenvalue weighted by atomic mass is 35.5. The van der Waals surface area contributed by atoms with Crippen LogP contribution in [0.4, 0.5) is 5.82 Å². The van der Waals surface area contributed by atoms with E-state index in [4.69, 9.17) is 17.3 Å². The molecule has 2 N–H and O–H groups in total. The van der Waals surface area contributed by atoms with Gasteiger partial charge in [-0.1, -0.05) is 0 Å². The highest BCUT2D eigenvalue weighted by Crippen LogP contribution is 2.14. The van der Waals surface area contributed by atoms with E-state index in [1.54, 1.807) is 10.6 Å². The molecule has 2 aromatic heterocycles. The first-order valence-corrected chi connectivity index (χ1v) is 3.83. The third-order valence-corrected chi connectivity index (χ3v) is 1.80. The Bertz CT molecular complexity index is 434. The van der Waals surface area contributed by atoms with Gasteiger partial charge in [0, 0.05) is 6.07 Å². The quantitative estimate of drug-likeness (QED) is 0.625. The first-order valence-electron chi connectivity index (χ1n) is 3.45. The van der Waals surface area contributed by atoms with Crippen LogP contribution in [0.3, 0.4) is 0 Å². The van der Waals surface area contributed by atoms with Crippen molar-refractivity contribution in [1.82, 2.24) is 14.6 Å². The molecule has 0 bridgehead atoms. The van der Waals surface area contributed by atoms with Gasteiger partial charge < -0.3 is 5.73 Å². The molecule has 2 aromatic rings. The predicted octanol–water partition coefficient (Wildman–Crippen LogP) is 1.27. The third kappa shape index (κ3) is 1.00. The zero-order valence-electron chi connectivity index (χ0n) is 6.45. The van der Waals surface area contributed by atoms with Crippen LogP contribution in [0.15, 0.2) is 12.1 Å². The second kappa shape index (κ2) is 2.35. The molecular formula is C7H7ClN4. The molecule has 12 heavy (non-hydrogen) atoms. The van der Waals surface area contributed by atoms with Crippen LogP contribution >= 0.6 is 11.6 Å². The number of hydrogen-bond donors (Lipinski definition) is 1. The Balaban J connectivity index is 2.88. The third-order valence-electron chi connectivity index (χ3n) is 1.55. The number of fused-ring (bicyclic) bond motifs is 1. The summed E-state index contributed by atoms with van der Waals surface area (Å²) in [6, 6.07) is 3.62. The number of rotatable bonds is 0. The minimum absolute atomic E-state index is 0.290. The normalized spacial score (nSPS) is 10.8. The van der Waals surface area contributed by atoms with Crippen LogP contribution in [-0.2, 0) is 0 Å². The zero-order valence-corrected chi connectivity index (χ0v) is 7.21. The lowest BCUT2D eigenvalue weighted by molar-refractivity contribution is 0.904. The molecule has 0 aliphatic carbocycles. The predicted molar refractivity (Wildman–Crippen MR) is 47.1 cm³/mol. The lowest BCUT2D eigenvalue weighted by Crippen LogP contribution is -1.97. The number of nitrogen functional groups attached to an aromatic ring is 1. The van der Waals surface area contributed by atoms with Gasteiger partial charge in [-0.2, -0.15) is 5.10 Å². The van der Waals surface area contributed by atoms with Gasteiger partial charge in [-0.3, -0.25) is 0 Å². The van der Waals surface area contributed by atoms with E-state index in [1.165, 1.54) is 0 Å². The van der Waals surface area contributed by atoms with E-state index in [-0.39, 0.29) is 5.28 Å². The number of halogens is 1. The van der Waals surface area contributed by atoms with Gasteiger partial charge in [-0.15, -0.1) is 0 Å². The van der Waals surface area contributed by atoms with E-state index in [0.29, 0.717) is 5.82 Å². The van der Waals surface area contributed by atoms with E-state index in [9.17, 15) is 0 Å². The molecule has 0 unspecified atom stereocenters. The fraction of sp³-hybridized carbons (Fsp3) is 0.143. The number of aromatic nitrogens is 3. The number of nitrogens with two attached hydrogens (primary N) is 1. The second-order valence-corrected chi connectivity index (χ2v) is 2.91. The average Bonchev–Trinajstić information content (AvgIpc) is 2.29. The lowest BCUT2D eigenvalue weighted by Gasteiger charge is -1.96. The van der Waals surface area contributed by atoms with Crippen molar-refractivity contribution in [3.8, 4) is 0 Å². The summed E-state index contributed by atoms with van der Waals surface area (Å²) in [6.07, 6.45) is 0. The molecule has 0 saturated carbocycles. The van der Waals surface area contributed by atoms with Gasteiger partial charge >= 0.3 is 0 Å². The lowest BCUT2D eigenvalue weighted by atomic mass is 10.4. The Kier molecular flexibility index (Phi) is 1.44. The van der Waals surface area contributed by atoms with Crippen molar-refractivity contribution in [3.63, 3.8) is 0 Å². The zero-order chi connectivity index (χ0) is 8.72. The van der Waals surface area contributed by atoms with Crippen molar-refractivity contribution < 1.29 is 0 Å². The van der Waals surface area contributed by atoms with Gasteiger partial charge in [0.1, 0.15) is 5.82 Å². The number of aryl methyl sites for hydroxylation is 1. The molecular weight excluding hydrogens is 176 g/mol. The smallest absolute Gasteiger partial charge is 0.226 e. The van der Waals surface area contributed by atoms with Crippen LogP contribution < -0.4 is 5.73 Å². The molecule has 0 aliphatic rings. The molecule has 0 atom stereocenters. The van der Waals surface area contributed by atoms with Crippen molar-refractivity contribution in [2.75, 3.05) is 5.73 Å². The molecule has 2 heterocycles. The summed E-state index contributed by atoms with van der Waals surface area (Å²) in [6.45, 7) is 1.89. The highest BCUT2D eigenvalue weighted by molar-refractivity contribution is 6.28. The van der Waals surface area contributed by atoms with Gasteiger partial charge in [0.15, 0.2) is 0 Å². The molecule has 0 aliphatic heterocycles. The van der Waals surface area contributed by atoms with Crippen molar-refractivity contribution in [2.24, 2.45) is 0 Å². The van der Waals surface area contributed by atoms with Crippen molar-refractivity contribution in [2.45, 2.75) is 6.92 Å². The summed E-state index contributed by atoms with van der Waals surface area (Å²) in [5, 5.41) is 4.41. The minimum atomic E-state index is 0.290. The fourth-order valence-corrected chi connectivity index (χ4v) is 1.34. The Morgan fingerprint density at radius 1 is 1.50 bits per heavy atom. The van der Waals surface area contributed by atoms with Crippen LogP contribution in [-0.4, -0.2) is 14.6 Å². The monoisotopic (exact) mass is 182 g/mol. The largest absolute Gasteiger partial charge is 0.384 e. The van der Waals surface area contributed by atoms with Crippen LogP contribution in [0, 0.1) is 6.92 Å². The maximum Gasteiger partial charge on any atom is 0.226 e. The van der Waals surface area contributed by atoms with Crippen LogP contribution in [0.1, 0.15) is 5.69 Å². The Morgan fingerprint density at radius 3 is 3.00 bits per heavy atom. The summed E-state index contributed by atoms with van der Waals surface area (Å²) < 4.78 is 1.55. The fourth-order valence-electron chi connectivity index (χ4n) is 1.11. The maximum absolute atomic E-state index is 5.78. The molecule has 0 amide bonds. The van der Waals surface area contributed by atoms with E-state index in [2.05, 4.69) is 10.1 Å². The Morgan fingerprint density at radius 2 is 2.25 bits per heavy atom. The van der Waals surface area contributed by atoms with Gasteiger partial charge in [0.25, 0.3) is 0 Å². The first kappa shape index (κ1) is 7.36. The van der Waals surface area contributed by atoms with Crippen molar-refractivity contribution in [1.29, 1.82) is 0 Å². The first-order chi connectivity index (χ1) is 5.66. The van der Waals surface area contributed by atoms with E-state index < -0.39 is 0 Å². The van der Waals surface area contributed by atoms with E-state index >= 15 is 0 Å². The van der Waals surface area contributed by atoms with Crippen molar-refractivity contribution in [3.05, 3.63) is 23.1 Å². The maximum atomic E-state index is 5.78. The molecule has 0 spiro atoms. The molecule has 5 heteroatoms. The van der Waals surface area contributed by atoms with Crippen LogP contribution in [0.25, 0.3) is 5.52 Å². The number of anilines is 1. The second-order valence-electron chi connectivity index (χ2n) is 2.57. The molecule has 62 valence electrons. The molecule has 0 aromatic carbocycles. The minimum Gasteiger partial charge on any atom is -0.384 e. The van der Waals surface area contributed by atoms with Crippen molar-refractivity contribution >= 4 is 22.9 Å². The summed E-state index contributed by atoms with van der Waals surface area (Å²) in [4.78, 5) is 3.86. The molecule has 4 nitrogen and oxygen atoms in total. The number of nitrogens with zero attached hydrogens (tertiary/aromatic N) is 3. The molecule has 0 saturated heterocycles. The SMILES string of the molecule is Cc1cc2cc(N)nc(Cl)n2n1. The molecule has 2 rings (SSSR count). The average molecular weight is 183 g/mol. The summed E-state index contributed by atoms with van der Waals surface area (Å²) in [5.41, 5.74) is 7.26. The van der Waals surface area contributed by atoms with E-state index in [1.807, 2.05) is 13.0 Å². The highest BCUT2D eigenvalue weighted by Gasteiger charge is 2.03. The summed E-state index contributed by atoms with van der Waals surface area (Å²) >= 11 is 5.78. The van der Waals surface area contributed by atoms with E-state index in [0.717, 1.165) is 11.2 Å². The summed E-state index contributed by atoms with van der Waals surface area (Å²) in [7, 11) is 0. The molecule has 0 fully saturated rings. The van der Waals surface area contributed by atoms with Gasteiger partial charge in [-0.25, -0.2) is 9.50 Å². The Hall–Kier alpha value is -1.29. The molecule has 0 radical (unpaired) electrons. The van der Waals surface area contributed by atoms with Gasteiger partial charge in [0.05, 0.1) is 11.2 Å². The van der Waals surface area contributed by atoms with Gasteiger partial charge in [0.2, 0.25) is 5.28 Å². The van der Waals surface area contributed by atoms with Gasteiger partial charge in [-0.05, 0) is 24.6 Å². The Labute approximate surface area is 74.0 Å². The number of hydrogen-bond acceptors (Lipinski definition) is 3.